The molecule has 13 heavy (non-hydrogen) atoms. The van der Waals surface area contributed by atoms with Crippen LogP contribution in [0, 0.1) is 11.5 Å². The Morgan fingerprint density at radius 1 is 1.77 bits per heavy atom. The third-order valence-corrected chi connectivity index (χ3v) is 3.11. The molecule has 0 aliphatic carbocycles. The zero-order valence-electron chi connectivity index (χ0n) is 8.16. The Morgan fingerprint density at radius 3 is 3.08 bits per heavy atom. The number of nitriles is 1. The van der Waals surface area contributed by atoms with Gasteiger partial charge < -0.3 is 4.90 Å². The first-order valence-corrected chi connectivity index (χ1v) is 5.83. The first-order chi connectivity index (χ1) is 6.33. The molecule has 0 aromatic carbocycles. The number of hydrogen-bond acceptors (Lipinski definition) is 3. The average molecular weight is 197 g/mol. The van der Waals surface area contributed by atoms with Crippen molar-refractivity contribution in [1.29, 1.82) is 5.26 Å². The molecule has 4 heteroatoms. The highest BCUT2D eigenvalue weighted by Gasteiger charge is 2.25. The van der Waals surface area contributed by atoms with Crippen LogP contribution in [0.3, 0.4) is 0 Å². The lowest BCUT2D eigenvalue weighted by molar-refractivity contribution is 0.386. The van der Waals surface area contributed by atoms with Gasteiger partial charge in [-0.3, -0.25) is 0 Å². The van der Waals surface area contributed by atoms with Crippen molar-refractivity contribution in [2.45, 2.75) is 32.2 Å². The Morgan fingerprint density at radius 2 is 2.54 bits per heavy atom. The molecule has 0 aromatic heterocycles. The minimum Gasteiger partial charge on any atom is -0.348 e. The van der Waals surface area contributed by atoms with Gasteiger partial charge in [0.25, 0.3) is 0 Å². The third-order valence-electron chi connectivity index (χ3n) is 2.42. The van der Waals surface area contributed by atoms with Crippen LogP contribution in [0.1, 0.15) is 26.2 Å². The predicted molar refractivity (Wildman–Crippen MR) is 56.6 cm³/mol. The monoisotopic (exact) mass is 197 g/mol. The van der Waals surface area contributed by atoms with E-state index in [1.54, 1.807) is 11.8 Å². The van der Waals surface area contributed by atoms with Crippen molar-refractivity contribution < 1.29 is 0 Å². The van der Waals surface area contributed by atoms with Crippen molar-refractivity contribution in [1.82, 2.24) is 4.90 Å². The van der Waals surface area contributed by atoms with Gasteiger partial charge in [0.1, 0.15) is 0 Å². The molecule has 0 bridgehead atoms. The highest BCUT2D eigenvalue weighted by Crippen LogP contribution is 2.23. The minimum absolute atomic E-state index is 0.597. The number of aliphatic imine (C=N–C) groups is 1. The van der Waals surface area contributed by atoms with Crippen LogP contribution in [0.5, 0.6) is 0 Å². The average Bonchev–Trinajstić information content (AvgIpc) is 2.61. The van der Waals surface area contributed by atoms with E-state index in [0.29, 0.717) is 6.04 Å². The molecule has 3 nitrogen and oxygen atoms in total. The highest BCUT2D eigenvalue weighted by atomic mass is 32.2. The van der Waals surface area contributed by atoms with Crippen LogP contribution in [0.15, 0.2) is 4.99 Å². The van der Waals surface area contributed by atoms with Gasteiger partial charge in [0.2, 0.25) is 6.19 Å². The largest absolute Gasteiger partial charge is 0.348 e. The lowest BCUT2D eigenvalue weighted by atomic mass is 10.2. The summed E-state index contributed by atoms with van der Waals surface area (Å²) in [4.78, 5) is 6.09. The maximum absolute atomic E-state index is 8.51. The summed E-state index contributed by atoms with van der Waals surface area (Å²) in [5.74, 6) is 0. The van der Waals surface area contributed by atoms with Gasteiger partial charge in [-0.1, -0.05) is 18.7 Å². The van der Waals surface area contributed by atoms with E-state index in [2.05, 4.69) is 16.8 Å². The van der Waals surface area contributed by atoms with E-state index in [4.69, 9.17) is 5.26 Å². The van der Waals surface area contributed by atoms with Gasteiger partial charge in [-0.25, -0.2) is 0 Å². The topological polar surface area (TPSA) is 39.4 Å². The number of hydrogen-bond donors (Lipinski definition) is 0. The highest BCUT2D eigenvalue weighted by molar-refractivity contribution is 8.13. The van der Waals surface area contributed by atoms with Crippen molar-refractivity contribution in [2.24, 2.45) is 4.99 Å². The Bertz CT molecular complexity index is 232. The summed E-state index contributed by atoms with van der Waals surface area (Å²) in [6.45, 7) is 3.24. The molecule has 1 unspecified atom stereocenters. The Labute approximate surface area is 83.8 Å². The van der Waals surface area contributed by atoms with E-state index in [1.807, 2.05) is 12.4 Å². The molecule has 1 saturated heterocycles. The van der Waals surface area contributed by atoms with Crippen molar-refractivity contribution in [3.63, 3.8) is 0 Å². The Kier molecular flexibility index (Phi) is 4.10. The van der Waals surface area contributed by atoms with Gasteiger partial charge in [0, 0.05) is 12.6 Å². The normalized spacial score (nSPS) is 23.3. The number of likely N-dealkylation sites (tertiary alicyclic amines) is 1. The lowest BCUT2D eigenvalue weighted by Crippen LogP contribution is -2.33. The van der Waals surface area contributed by atoms with Gasteiger partial charge in [0.05, 0.1) is 0 Å². The number of thioether (sulfide) groups is 1. The van der Waals surface area contributed by atoms with E-state index in [0.717, 1.165) is 18.1 Å². The maximum atomic E-state index is 8.51. The summed E-state index contributed by atoms with van der Waals surface area (Å²) in [5, 5.41) is 9.39. The molecule has 0 N–H and O–H groups in total. The molecule has 1 heterocycles. The molecule has 1 aliphatic heterocycles. The SMILES string of the molecule is CCC1CCCN1C(=NC#N)SC. The molecule has 0 saturated carbocycles. The fourth-order valence-electron chi connectivity index (χ4n) is 1.78. The van der Waals surface area contributed by atoms with Crippen LogP contribution < -0.4 is 0 Å². The molecule has 0 radical (unpaired) electrons. The fraction of sp³-hybridized carbons (Fsp3) is 0.778. The van der Waals surface area contributed by atoms with Crippen LogP contribution in [0.2, 0.25) is 0 Å². The van der Waals surface area contributed by atoms with E-state index in [-0.39, 0.29) is 0 Å². The molecule has 0 spiro atoms. The zero-order chi connectivity index (χ0) is 9.68. The van der Waals surface area contributed by atoms with Crippen LogP contribution in [0.25, 0.3) is 0 Å². The summed E-state index contributed by atoms with van der Waals surface area (Å²) < 4.78 is 0. The smallest absolute Gasteiger partial charge is 0.208 e. The summed E-state index contributed by atoms with van der Waals surface area (Å²) >= 11 is 1.56. The Balaban J connectivity index is 2.69. The first-order valence-electron chi connectivity index (χ1n) is 4.60. The predicted octanol–water partition coefficient (Wildman–Crippen LogP) is 2.06. The summed E-state index contributed by atoms with van der Waals surface area (Å²) in [7, 11) is 0. The number of rotatable bonds is 1. The van der Waals surface area contributed by atoms with Gasteiger partial charge in [-0.05, 0) is 25.5 Å². The number of nitrogens with zero attached hydrogens (tertiary/aromatic N) is 3. The Hall–Kier alpha value is -0.690. The molecule has 0 amide bonds. The van der Waals surface area contributed by atoms with E-state index < -0.39 is 0 Å². The quantitative estimate of drug-likeness (QED) is 0.367. The maximum Gasteiger partial charge on any atom is 0.208 e. The van der Waals surface area contributed by atoms with Crippen LogP contribution in [-0.2, 0) is 0 Å². The van der Waals surface area contributed by atoms with Crippen LogP contribution in [-0.4, -0.2) is 28.9 Å². The van der Waals surface area contributed by atoms with Crippen molar-refractivity contribution in [3.8, 4) is 6.19 Å². The second-order valence-corrected chi connectivity index (χ2v) is 3.87. The second kappa shape index (κ2) is 5.13. The van der Waals surface area contributed by atoms with Gasteiger partial charge in [-0.2, -0.15) is 5.26 Å². The molecular weight excluding hydrogens is 182 g/mol. The molecule has 1 fully saturated rings. The summed E-state index contributed by atoms with van der Waals surface area (Å²) in [6, 6.07) is 0.597. The molecule has 72 valence electrons. The van der Waals surface area contributed by atoms with Gasteiger partial charge in [-0.15, -0.1) is 4.99 Å². The van der Waals surface area contributed by atoms with E-state index in [9.17, 15) is 0 Å². The van der Waals surface area contributed by atoms with E-state index in [1.165, 1.54) is 12.8 Å². The van der Waals surface area contributed by atoms with Gasteiger partial charge >= 0.3 is 0 Å². The van der Waals surface area contributed by atoms with E-state index >= 15 is 0 Å². The van der Waals surface area contributed by atoms with Crippen LogP contribution >= 0.6 is 11.8 Å². The third kappa shape index (κ3) is 2.38. The lowest BCUT2D eigenvalue weighted by Gasteiger charge is -2.24. The molecular formula is C9H15N3S. The van der Waals surface area contributed by atoms with Crippen LogP contribution in [0.4, 0.5) is 0 Å². The molecule has 1 aliphatic rings. The van der Waals surface area contributed by atoms with Gasteiger partial charge in [0.15, 0.2) is 5.17 Å². The minimum atomic E-state index is 0.597. The second-order valence-electron chi connectivity index (χ2n) is 3.10. The van der Waals surface area contributed by atoms with Crippen molar-refractivity contribution >= 4 is 16.9 Å². The van der Waals surface area contributed by atoms with Crippen molar-refractivity contribution in [2.75, 3.05) is 12.8 Å². The molecule has 1 atom stereocenters. The summed E-state index contributed by atoms with van der Waals surface area (Å²) in [6.07, 6.45) is 7.45. The molecule has 1 rings (SSSR count). The fourth-order valence-corrected chi connectivity index (χ4v) is 2.39. The summed E-state index contributed by atoms with van der Waals surface area (Å²) in [5.41, 5.74) is 0. The standard InChI is InChI=1S/C9H15N3S/c1-3-8-5-4-6-12(8)9(13-2)11-7-10/h8H,3-6H2,1-2H3. The zero-order valence-corrected chi connectivity index (χ0v) is 8.97. The first kappa shape index (κ1) is 10.4. The van der Waals surface area contributed by atoms with Crippen molar-refractivity contribution in [3.05, 3.63) is 0 Å². The number of amidine groups is 1. The molecule has 0 aromatic rings.